The Balaban J connectivity index is 1.00. The highest BCUT2D eigenvalue weighted by Crippen LogP contribution is 2.55. The smallest absolute Gasteiger partial charge is 0.164 e. The average Bonchev–Trinajstić information content (AvgIpc) is 3.82. The van der Waals surface area contributed by atoms with E-state index in [-0.39, 0.29) is 17.9 Å². The van der Waals surface area contributed by atoms with Crippen LogP contribution in [0.3, 0.4) is 0 Å². The molecule has 0 N–H and O–H groups in total. The van der Waals surface area contributed by atoms with Gasteiger partial charge in [0, 0.05) is 55.4 Å². The maximum atomic E-state index is 5.12. The lowest BCUT2D eigenvalue weighted by atomic mass is 9.77. The van der Waals surface area contributed by atoms with E-state index < -0.39 is 0 Å². The molecular weight excluding hydrogens is 713 g/mol. The molecule has 3 heterocycles. The molecule has 4 aliphatic carbocycles. The molecule has 5 aliphatic rings. The van der Waals surface area contributed by atoms with Crippen molar-refractivity contribution in [1.82, 2.24) is 15.0 Å². The Morgan fingerprint density at radius 3 is 2.39 bits per heavy atom. The highest BCUT2D eigenvalue weighted by Gasteiger charge is 2.43. The second-order valence-electron chi connectivity index (χ2n) is 15.8. The Kier molecular flexibility index (Phi) is 8.43. The van der Waals surface area contributed by atoms with E-state index >= 15 is 0 Å². The van der Waals surface area contributed by atoms with E-state index in [4.69, 9.17) is 15.0 Å². The maximum absolute atomic E-state index is 5.12. The van der Waals surface area contributed by atoms with Gasteiger partial charge in [-0.1, -0.05) is 147 Å². The topological polar surface area (TPSA) is 41.9 Å². The zero-order valence-corrected chi connectivity index (χ0v) is 32.7. The summed E-state index contributed by atoms with van der Waals surface area (Å²) in [5, 5.41) is 1.40. The lowest BCUT2D eigenvalue weighted by molar-refractivity contribution is 0.580. The van der Waals surface area contributed by atoms with Gasteiger partial charge in [0.1, 0.15) is 0 Å². The number of hydrogen-bond acceptors (Lipinski definition) is 5. The third kappa shape index (κ3) is 6.00. The number of thiophene rings is 1. The Bertz CT molecular complexity index is 2780. The van der Waals surface area contributed by atoms with Crippen molar-refractivity contribution < 1.29 is 0 Å². The Hall–Kier alpha value is -6.17. The fraction of sp³-hybridized carbons (Fsp3) is 0.173. The molecule has 5 heteroatoms. The molecule has 4 aromatic carbocycles. The monoisotopic (exact) mass is 754 g/mol. The van der Waals surface area contributed by atoms with Crippen LogP contribution in [0.15, 0.2) is 170 Å². The molecule has 2 aromatic heterocycles. The zero-order valence-electron chi connectivity index (χ0n) is 31.9. The van der Waals surface area contributed by atoms with Crippen molar-refractivity contribution in [3.8, 4) is 22.8 Å². The van der Waals surface area contributed by atoms with Crippen LogP contribution in [0.2, 0.25) is 0 Å². The van der Waals surface area contributed by atoms with Crippen molar-refractivity contribution >= 4 is 38.8 Å². The fourth-order valence-corrected chi connectivity index (χ4v) is 10.7. The molecular formula is C52H42N4S. The molecule has 0 amide bonds. The summed E-state index contributed by atoms with van der Waals surface area (Å²) in [6.07, 6.45) is 30.6. The van der Waals surface area contributed by atoms with Gasteiger partial charge in [-0.25, -0.2) is 15.0 Å². The SMILES string of the molecule is CC1C=CC=CC1N1C2=CC=CC(c3cccc(-c4nc(C5=CCCC=C5)nc(-c5ccccc5)n4)c3)C2c2cc(C3C=Cc4sc5ccccc5c4C3)ccc21. The lowest BCUT2D eigenvalue weighted by Gasteiger charge is -2.36. The third-order valence-corrected chi connectivity index (χ3v) is 13.5. The quantitative estimate of drug-likeness (QED) is 0.170. The van der Waals surface area contributed by atoms with Gasteiger partial charge < -0.3 is 4.90 Å². The van der Waals surface area contributed by atoms with E-state index in [2.05, 4.69) is 164 Å². The minimum Gasteiger partial charge on any atom is -0.337 e. The Morgan fingerprint density at radius 1 is 0.684 bits per heavy atom. The summed E-state index contributed by atoms with van der Waals surface area (Å²) in [5.74, 6) is 3.12. The molecule has 0 radical (unpaired) electrons. The van der Waals surface area contributed by atoms with Gasteiger partial charge in [-0.05, 0) is 83.2 Å². The molecule has 0 saturated heterocycles. The summed E-state index contributed by atoms with van der Waals surface area (Å²) in [6, 6.07) is 35.7. The number of hydrogen-bond donors (Lipinski definition) is 0. The molecule has 0 fully saturated rings. The highest BCUT2D eigenvalue weighted by atomic mass is 32.1. The summed E-state index contributed by atoms with van der Waals surface area (Å²) in [4.78, 5) is 19.2. The molecule has 276 valence electrons. The summed E-state index contributed by atoms with van der Waals surface area (Å²) in [5.41, 5.74) is 11.3. The van der Waals surface area contributed by atoms with Crippen molar-refractivity contribution in [1.29, 1.82) is 0 Å². The molecule has 6 aromatic rings. The highest BCUT2D eigenvalue weighted by molar-refractivity contribution is 7.20. The minimum atomic E-state index is 0.135. The van der Waals surface area contributed by atoms with Crippen LogP contribution >= 0.6 is 11.3 Å². The van der Waals surface area contributed by atoms with Gasteiger partial charge in [0.25, 0.3) is 0 Å². The van der Waals surface area contributed by atoms with Crippen LogP contribution in [0.5, 0.6) is 0 Å². The Labute approximate surface area is 338 Å². The molecule has 5 atom stereocenters. The second kappa shape index (κ2) is 14.1. The van der Waals surface area contributed by atoms with Gasteiger partial charge in [-0.3, -0.25) is 0 Å². The average molecular weight is 755 g/mol. The molecule has 5 unspecified atom stereocenters. The van der Waals surface area contributed by atoms with E-state index in [1.165, 1.54) is 48.6 Å². The molecule has 11 rings (SSSR count). The van der Waals surface area contributed by atoms with Crippen LogP contribution < -0.4 is 4.90 Å². The lowest BCUT2D eigenvalue weighted by Crippen LogP contribution is -2.37. The van der Waals surface area contributed by atoms with Gasteiger partial charge in [0.2, 0.25) is 0 Å². The van der Waals surface area contributed by atoms with Crippen molar-refractivity contribution in [3.05, 3.63) is 203 Å². The fourth-order valence-electron chi connectivity index (χ4n) is 9.53. The van der Waals surface area contributed by atoms with E-state index in [0.717, 1.165) is 41.8 Å². The van der Waals surface area contributed by atoms with Crippen LogP contribution in [0.1, 0.15) is 70.5 Å². The molecule has 0 spiro atoms. The first-order valence-corrected chi connectivity index (χ1v) is 21.1. The van der Waals surface area contributed by atoms with Crippen molar-refractivity contribution in [2.24, 2.45) is 5.92 Å². The van der Waals surface area contributed by atoms with Crippen LogP contribution in [-0.4, -0.2) is 21.0 Å². The summed E-state index contributed by atoms with van der Waals surface area (Å²) in [6.45, 7) is 2.34. The number of fused-ring (bicyclic) bond motifs is 6. The molecule has 57 heavy (non-hydrogen) atoms. The van der Waals surface area contributed by atoms with E-state index in [1.54, 1.807) is 0 Å². The van der Waals surface area contributed by atoms with Crippen molar-refractivity contribution in [2.75, 3.05) is 4.90 Å². The van der Waals surface area contributed by atoms with Crippen LogP contribution in [0.4, 0.5) is 5.69 Å². The van der Waals surface area contributed by atoms with E-state index in [0.29, 0.717) is 23.5 Å². The van der Waals surface area contributed by atoms with Crippen molar-refractivity contribution in [3.63, 3.8) is 0 Å². The largest absolute Gasteiger partial charge is 0.337 e. The first-order chi connectivity index (χ1) is 28.2. The zero-order chi connectivity index (χ0) is 37.9. The second-order valence-corrected chi connectivity index (χ2v) is 16.9. The van der Waals surface area contributed by atoms with Gasteiger partial charge in [-0.2, -0.15) is 0 Å². The first-order valence-electron chi connectivity index (χ1n) is 20.3. The molecule has 0 saturated carbocycles. The van der Waals surface area contributed by atoms with Gasteiger partial charge in [0.15, 0.2) is 17.5 Å². The Morgan fingerprint density at radius 2 is 1.51 bits per heavy atom. The van der Waals surface area contributed by atoms with Crippen molar-refractivity contribution in [2.45, 2.75) is 50.0 Å². The van der Waals surface area contributed by atoms with Gasteiger partial charge in [0.05, 0.1) is 6.04 Å². The molecule has 1 aliphatic heterocycles. The molecule has 0 bridgehead atoms. The van der Waals surface area contributed by atoms with Gasteiger partial charge >= 0.3 is 0 Å². The number of rotatable bonds is 6. The predicted molar refractivity (Wildman–Crippen MR) is 237 cm³/mol. The summed E-state index contributed by atoms with van der Waals surface area (Å²) in [7, 11) is 0. The third-order valence-electron chi connectivity index (χ3n) is 12.4. The van der Waals surface area contributed by atoms with E-state index in [9.17, 15) is 0 Å². The van der Waals surface area contributed by atoms with Crippen LogP contribution in [0.25, 0.3) is 44.5 Å². The number of allylic oxidation sites excluding steroid dienone is 11. The maximum Gasteiger partial charge on any atom is 0.164 e. The number of benzene rings is 4. The van der Waals surface area contributed by atoms with Gasteiger partial charge in [-0.15, -0.1) is 11.3 Å². The van der Waals surface area contributed by atoms with Crippen LogP contribution in [-0.2, 0) is 6.42 Å². The standard InChI is InChI=1S/C52H42N4S/c1-33-14-8-10-23-44(33)56-45-28-26-36(37-27-29-48-42(31-37)41-21-9-11-25-47(41)57-48)32-43(45)49-40(22-13-24-46(49)56)38-19-12-20-39(30-38)52-54-50(34-15-4-2-5-16-34)53-51(55-52)35-17-6-3-7-18-35/h2,4-6,8-30,32-33,37,40,44,49H,3,7,31H2,1H3. The number of aromatic nitrogens is 3. The van der Waals surface area contributed by atoms with Crippen LogP contribution in [0, 0.1) is 5.92 Å². The number of anilines is 1. The van der Waals surface area contributed by atoms with E-state index in [1.807, 2.05) is 29.5 Å². The normalized spacial score (nSPS) is 23.0. The first kappa shape index (κ1) is 34.1. The minimum absolute atomic E-state index is 0.135. The summed E-state index contributed by atoms with van der Waals surface area (Å²) < 4.78 is 1.38. The number of nitrogens with zero attached hydrogens (tertiary/aromatic N) is 4. The predicted octanol–water partition coefficient (Wildman–Crippen LogP) is 12.8. The summed E-state index contributed by atoms with van der Waals surface area (Å²) >= 11 is 1.91. The molecule has 4 nitrogen and oxygen atoms in total.